The van der Waals surface area contributed by atoms with Gasteiger partial charge < -0.3 is 5.11 Å². The smallest absolute Gasteiger partial charge is 0.123 e. The minimum absolute atomic E-state index is 0.256. The van der Waals surface area contributed by atoms with Crippen molar-refractivity contribution >= 4 is 11.9 Å². The van der Waals surface area contributed by atoms with Crippen molar-refractivity contribution < 1.29 is 9.50 Å². The Morgan fingerprint density at radius 2 is 1.81 bits per heavy atom. The monoisotopic (exact) mass is 241 g/mol. The van der Waals surface area contributed by atoms with Crippen LogP contribution < -0.4 is 0 Å². The minimum Gasteiger partial charge on any atom is -0.385 e. The van der Waals surface area contributed by atoms with Crippen LogP contribution in [0.2, 0.25) is 0 Å². The second kappa shape index (κ2) is 4.73. The van der Waals surface area contributed by atoms with E-state index in [9.17, 15) is 9.50 Å². The molecule has 0 saturated carbocycles. The fourth-order valence-corrected chi connectivity index (χ4v) is 2.64. The summed E-state index contributed by atoms with van der Waals surface area (Å²) in [5, 5.41) is 10.5. The van der Waals surface area contributed by atoms with Crippen molar-refractivity contribution in [1.29, 1.82) is 0 Å². The third-order valence-electron chi connectivity index (χ3n) is 3.19. The van der Waals surface area contributed by atoms with E-state index in [4.69, 9.17) is 0 Å². The van der Waals surface area contributed by atoms with Crippen LogP contribution in [-0.2, 0) is 5.60 Å². The Hall–Kier alpha value is -0.580. The highest BCUT2D eigenvalue weighted by atomic mass is 32.2. The molecule has 0 radical (unpaired) electrons. The zero-order chi connectivity index (χ0) is 11.6. The predicted molar refractivity (Wildman–Crippen MR) is 64.6 cm³/mol. The second-order valence-corrected chi connectivity index (χ2v) is 5.03. The molecule has 0 spiro atoms. The van der Waals surface area contributed by atoms with Crippen molar-refractivity contribution in [3.05, 3.63) is 35.6 Å². The van der Waals surface area contributed by atoms with Gasteiger partial charge in [0.15, 0.2) is 0 Å². The van der Waals surface area contributed by atoms with Crippen molar-refractivity contribution in [2.24, 2.45) is 0 Å². The Labute approximate surface area is 99.6 Å². The molecule has 2 nitrogen and oxygen atoms in total. The quantitative estimate of drug-likeness (QED) is 0.804. The molecular weight excluding hydrogens is 225 g/mol. The van der Waals surface area contributed by atoms with Gasteiger partial charge in [-0.15, -0.1) is 0 Å². The van der Waals surface area contributed by atoms with Crippen molar-refractivity contribution in [3.8, 4) is 0 Å². The zero-order valence-corrected chi connectivity index (χ0v) is 10.1. The van der Waals surface area contributed by atoms with Crippen LogP contribution in [-0.4, -0.2) is 28.8 Å². The average molecular weight is 241 g/mol. The van der Waals surface area contributed by atoms with Gasteiger partial charge in [0.2, 0.25) is 0 Å². The Kier molecular flexibility index (Phi) is 3.52. The van der Waals surface area contributed by atoms with E-state index in [1.807, 2.05) is 6.26 Å². The van der Waals surface area contributed by atoms with Crippen LogP contribution in [0.15, 0.2) is 24.3 Å². The lowest BCUT2D eigenvalue weighted by Gasteiger charge is -2.37. The summed E-state index contributed by atoms with van der Waals surface area (Å²) >= 11 is 1.71. The molecule has 1 aliphatic heterocycles. The summed E-state index contributed by atoms with van der Waals surface area (Å²) in [7, 11) is 0. The number of halogens is 1. The molecule has 1 heterocycles. The first-order chi connectivity index (χ1) is 7.64. The van der Waals surface area contributed by atoms with Crippen LogP contribution in [0.5, 0.6) is 0 Å². The molecule has 2 rings (SSSR count). The van der Waals surface area contributed by atoms with Gasteiger partial charge in [-0.1, -0.05) is 24.1 Å². The van der Waals surface area contributed by atoms with Crippen LogP contribution in [0.3, 0.4) is 0 Å². The highest BCUT2D eigenvalue weighted by Crippen LogP contribution is 2.34. The molecule has 0 aromatic heterocycles. The van der Waals surface area contributed by atoms with E-state index in [1.165, 1.54) is 12.1 Å². The molecule has 88 valence electrons. The molecule has 4 heteroatoms. The van der Waals surface area contributed by atoms with Gasteiger partial charge >= 0.3 is 0 Å². The zero-order valence-electron chi connectivity index (χ0n) is 9.32. The molecule has 0 atom stereocenters. The molecule has 0 aliphatic carbocycles. The maximum Gasteiger partial charge on any atom is 0.123 e. The topological polar surface area (TPSA) is 23.5 Å². The molecule has 0 amide bonds. The molecule has 0 unspecified atom stereocenters. The Bertz CT molecular complexity index is 347. The third kappa shape index (κ3) is 2.39. The van der Waals surface area contributed by atoms with Gasteiger partial charge in [0, 0.05) is 13.1 Å². The first-order valence-corrected chi connectivity index (χ1v) is 6.60. The van der Waals surface area contributed by atoms with Crippen molar-refractivity contribution in [3.63, 3.8) is 0 Å². The van der Waals surface area contributed by atoms with E-state index < -0.39 is 5.60 Å². The summed E-state index contributed by atoms with van der Waals surface area (Å²) in [6, 6.07) is 6.19. The number of benzene rings is 1. The molecule has 1 aromatic carbocycles. The lowest BCUT2D eigenvalue weighted by atomic mass is 9.85. The molecule has 1 aliphatic rings. The van der Waals surface area contributed by atoms with Crippen LogP contribution in [0.25, 0.3) is 0 Å². The van der Waals surface area contributed by atoms with E-state index >= 15 is 0 Å². The van der Waals surface area contributed by atoms with E-state index in [-0.39, 0.29) is 5.82 Å². The highest BCUT2D eigenvalue weighted by Gasteiger charge is 2.33. The Balaban J connectivity index is 2.11. The first-order valence-electron chi connectivity index (χ1n) is 5.41. The molecule has 1 fully saturated rings. The van der Waals surface area contributed by atoms with Crippen molar-refractivity contribution in [2.45, 2.75) is 18.4 Å². The lowest BCUT2D eigenvalue weighted by Crippen LogP contribution is -2.39. The summed E-state index contributed by atoms with van der Waals surface area (Å²) in [6.07, 6.45) is 3.46. The largest absolute Gasteiger partial charge is 0.385 e. The van der Waals surface area contributed by atoms with Gasteiger partial charge in [-0.2, -0.15) is 0 Å². The summed E-state index contributed by atoms with van der Waals surface area (Å²) in [5.74, 6) is -0.256. The second-order valence-electron chi connectivity index (χ2n) is 4.15. The minimum atomic E-state index is -0.778. The lowest BCUT2D eigenvalue weighted by molar-refractivity contribution is -0.00801. The number of rotatable bonds is 2. The number of piperidine rings is 1. The van der Waals surface area contributed by atoms with Crippen LogP contribution >= 0.6 is 11.9 Å². The van der Waals surface area contributed by atoms with Crippen LogP contribution in [0.1, 0.15) is 18.4 Å². The molecule has 16 heavy (non-hydrogen) atoms. The summed E-state index contributed by atoms with van der Waals surface area (Å²) in [5.41, 5.74) is 0.0505. The first kappa shape index (κ1) is 11.9. The Morgan fingerprint density at radius 1 is 1.25 bits per heavy atom. The van der Waals surface area contributed by atoms with E-state index in [0.29, 0.717) is 12.8 Å². The number of aliphatic hydroxyl groups is 1. The molecule has 1 aromatic rings. The van der Waals surface area contributed by atoms with E-state index in [2.05, 4.69) is 4.31 Å². The fourth-order valence-electron chi connectivity index (χ4n) is 2.09. The number of hydrogen-bond acceptors (Lipinski definition) is 3. The van der Waals surface area contributed by atoms with Gasteiger partial charge in [-0.05, 0) is 36.8 Å². The highest BCUT2D eigenvalue weighted by molar-refractivity contribution is 7.96. The SMILES string of the molecule is CSN1CCC(O)(c2ccc(F)cc2)CC1. The maximum absolute atomic E-state index is 12.8. The predicted octanol–water partition coefficient (Wildman–Crippen LogP) is 2.39. The number of nitrogens with zero attached hydrogens (tertiary/aromatic N) is 1. The van der Waals surface area contributed by atoms with Crippen LogP contribution in [0, 0.1) is 5.82 Å². The average Bonchev–Trinajstić information content (AvgIpc) is 2.31. The van der Waals surface area contributed by atoms with Gasteiger partial charge in [-0.25, -0.2) is 4.39 Å². The number of hydrogen-bond donors (Lipinski definition) is 1. The van der Waals surface area contributed by atoms with Crippen LogP contribution in [0.4, 0.5) is 4.39 Å². The van der Waals surface area contributed by atoms with Gasteiger partial charge in [0.25, 0.3) is 0 Å². The third-order valence-corrected chi connectivity index (χ3v) is 4.07. The molecule has 1 N–H and O–H groups in total. The van der Waals surface area contributed by atoms with Gasteiger partial charge in [0.1, 0.15) is 5.82 Å². The van der Waals surface area contributed by atoms with E-state index in [1.54, 1.807) is 24.1 Å². The maximum atomic E-state index is 12.8. The molecule has 0 bridgehead atoms. The van der Waals surface area contributed by atoms with Crippen molar-refractivity contribution in [1.82, 2.24) is 4.31 Å². The summed E-state index contributed by atoms with van der Waals surface area (Å²) in [4.78, 5) is 0. The molecular formula is C12H16FNOS. The fraction of sp³-hybridized carbons (Fsp3) is 0.500. The van der Waals surface area contributed by atoms with Gasteiger partial charge in [-0.3, -0.25) is 4.31 Å². The summed E-state index contributed by atoms with van der Waals surface area (Å²) in [6.45, 7) is 1.74. The van der Waals surface area contributed by atoms with Gasteiger partial charge in [0.05, 0.1) is 5.60 Å². The summed E-state index contributed by atoms with van der Waals surface area (Å²) < 4.78 is 15.0. The standard InChI is InChI=1S/C12H16FNOS/c1-16-14-8-6-12(15,7-9-14)10-2-4-11(13)5-3-10/h2-5,15H,6-9H2,1H3. The molecule has 1 saturated heterocycles. The van der Waals surface area contributed by atoms with Crippen molar-refractivity contribution in [2.75, 3.05) is 19.3 Å². The van der Waals surface area contributed by atoms with E-state index in [0.717, 1.165) is 18.7 Å². The Morgan fingerprint density at radius 3 is 2.31 bits per heavy atom. The normalized spacial score (nSPS) is 20.9.